The van der Waals surface area contributed by atoms with E-state index in [-0.39, 0.29) is 3.83 Å². The molecule has 0 aromatic heterocycles. The Kier molecular flexibility index (Phi) is 2.53. The topological polar surface area (TPSA) is 0 Å². The third kappa shape index (κ3) is 2.04. The van der Waals surface area contributed by atoms with Gasteiger partial charge in [-0.15, -0.1) is 0 Å². The van der Waals surface area contributed by atoms with Crippen LogP contribution in [0.5, 0.6) is 0 Å². The van der Waals surface area contributed by atoms with Crippen LogP contribution >= 0.6 is 0 Å². The van der Waals surface area contributed by atoms with Crippen LogP contribution in [-0.2, 0) is 0 Å². The fourth-order valence-corrected chi connectivity index (χ4v) is 4.43. The molecule has 1 unspecified atom stereocenters. The van der Waals surface area contributed by atoms with Crippen LogP contribution in [0.3, 0.4) is 0 Å². The third-order valence-electron chi connectivity index (χ3n) is 1.12. The summed E-state index contributed by atoms with van der Waals surface area (Å²) < 4.78 is 13.2. The van der Waals surface area contributed by atoms with Gasteiger partial charge in [0.1, 0.15) is 0 Å². The van der Waals surface area contributed by atoms with Gasteiger partial charge in [-0.05, 0) is 0 Å². The zero-order valence-corrected chi connectivity index (χ0v) is 7.37. The van der Waals surface area contributed by atoms with E-state index in [1.54, 1.807) is 0 Å². The molecule has 1 saturated heterocycles. The molecule has 0 aliphatic carbocycles. The molecule has 0 amide bonds. The number of rotatable bonds is 0. The summed E-state index contributed by atoms with van der Waals surface area (Å²) in [5.74, 6) is 0. The Hall–Kier alpha value is 0.826. The maximum atomic E-state index is 12.3. The maximum absolute atomic E-state index is 12.3. The van der Waals surface area contributed by atoms with E-state index >= 15 is 0 Å². The van der Waals surface area contributed by atoms with E-state index in [9.17, 15) is 4.39 Å². The van der Waals surface area contributed by atoms with Gasteiger partial charge in [0.05, 0.1) is 0 Å². The fraction of sp³-hybridized carbons (Fsp3) is 1.00. The Morgan fingerprint density at radius 2 is 2.29 bits per heavy atom. The van der Waals surface area contributed by atoms with Gasteiger partial charge in [0.25, 0.3) is 0 Å². The summed E-state index contributed by atoms with van der Waals surface area (Å²) >= 11 is -0.444. The Bertz CT molecular complexity index is 50.0. The molecule has 0 N–H and O–H groups in total. The van der Waals surface area contributed by atoms with Gasteiger partial charge in [-0.3, -0.25) is 0 Å². The summed E-state index contributed by atoms with van der Waals surface area (Å²) in [5.41, 5.74) is 0. The van der Waals surface area contributed by atoms with Gasteiger partial charge in [0, 0.05) is 0 Å². The zero-order valence-electron chi connectivity index (χ0n) is 4.19. The molecule has 1 aliphatic heterocycles. The van der Waals surface area contributed by atoms with E-state index in [0.717, 1.165) is 12.8 Å². The number of alkyl halides is 1. The van der Waals surface area contributed by atoms with E-state index < -0.39 is 23.6 Å². The van der Waals surface area contributed by atoms with Crippen LogP contribution < -0.4 is 0 Å². The molecule has 0 spiro atoms. The Morgan fingerprint density at radius 3 is 2.57 bits per heavy atom. The monoisotopic (exact) mass is 297 g/mol. The van der Waals surface area contributed by atoms with Crippen LogP contribution in [0.1, 0.15) is 19.3 Å². The Balaban J connectivity index is 2.12. The molecule has 1 aliphatic rings. The summed E-state index contributed by atoms with van der Waals surface area (Å²) in [7, 11) is 0. The molecule has 1 atom stereocenters. The molecule has 7 heavy (non-hydrogen) atoms. The quantitative estimate of drug-likeness (QED) is 0.637. The number of hydrogen-bond donors (Lipinski definition) is 0. The first kappa shape index (κ1) is 5.95. The van der Waals surface area contributed by atoms with Crippen molar-refractivity contribution >= 4 is 23.6 Å². The van der Waals surface area contributed by atoms with E-state index in [4.69, 9.17) is 0 Å². The molecule has 0 aromatic carbocycles. The molecule has 1 heterocycles. The molecule has 1 fully saturated rings. The normalized spacial score (nSPS) is 33.0. The second-order valence-electron chi connectivity index (χ2n) is 1.78. The van der Waals surface area contributed by atoms with Crippen LogP contribution in [0.15, 0.2) is 0 Å². The minimum absolute atomic E-state index is 0.297. The SMILES string of the molecule is F[CH]1CCC[CH2][Po]1. The van der Waals surface area contributed by atoms with Gasteiger partial charge < -0.3 is 0 Å². The Morgan fingerprint density at radius 1 is 1.43 bits per heavy atom. The molecule has 0 radical (unpaired) electrons. The van der Waals surface area contributed by atoms with Crippen molar-refractivity contribution in [3.05, 3.63) is 0 Å². The second-order valence-corrected chi connectivity index (χ2v) is 6.65. The molecule has 0 nitrogen and oxygen atoms in total. The number of halogens is 1. The minimum atomic E-state index is -0.444. The first-order chi connectivity index (χ1) is 3.39. The molecule has 1 rings (SSSR count). The van der Waals surface area contributed by atoms with Gasteiger partial charge in [-0.2, -0.15) is 0 Å². The van der Waals surface area contributed by atoms with E-state index in [2.05, 4.69) is 0 Å². The summed E-state index contributed by atoms with van der Waals surface area (Å²) in [6.45, 7) is 0. The Labute approximate surface area is 55.3 Å². The first-order valence-corrected chi connectivity index (χ1v) is 6.73. The molecular weight excluding hydrogens is 288 g/mol. The molecule has 0 bridgehead atoms. The second kappa shape index (κ2) is 2.97. The summed E-state index contributed by atoms with van der Waals surface area (Å²) in [6, 6.07) is 0. The molecule has 42 valence electrons. The summed E-state index contributed by atoms with van der Waals surface area (Å²) in [4.78, 5) is 0. The zero-order chi connectivity index (χ0) is 5.11. The standard InChI is InChI=1S/C5H9F.Po/c1-2-3-4-5-6;/h5H,1-4H2;. The third-order valence-corrected chi connectivity index (χ3v) is 5.48. The van der Waals surface area contributed by atoms with E-state index in [1.807, 2.05) is 0 Å². The average Bonchev–Trinajstić information content (AvgIpc) is 1.69. The van der Waals surface area contributed by atoms with Gasteiger partial charge >= 0.3 is 55.1 Å². The van der Waals surface area contributed by atoms with Crippen LogP contribution in [-0.4, -0.2) is 27.4 Å². The van der Waals surface area contributed by atoms with Gasteiger partial charge in [0.2, 0.25) is 0 Å². The van der Waals surface area contributed by atoms with Crippen molar-refractivity contribution in [3.8, 4) is 0 Å². The van der Waals surface area contributed by atoms with Crippen molar-refractivity contribution < 1.29 is 4.39 Å². The average molecular weight is 297 g/mol. The van der Waals surface area contributed by atoms with Crippen molar-refractivity contribution in [2.45, 2.75) is 27.2 Å². The van der Waals surface area contributed by atoms with Gasteiger partial charge in [-0.25, -0.2) is 0 Å². The van der Waals surface area contributed by atoms with Gasteiger partial charge in [-0.1, -0.05) is 0 Å². The van der Waals surface area contributed by atoms with Crippen molar-refractivity contribution in [3.63, 3.8) is 0 Å². The first-order valence-electron chi connectivity index (χ1n) is 2.65. The van der Waals surface area contributed by atoms with Crippen LogP contribution in [0, 0.1) is 0 Å². The van der Waals surface area contributed by atoms with Crippen molar-refractivity contribution in [1.82, 2.24) is 0 Å². The predicted molar refractivity (Wildman–Crippen MR) is 29.3 cm³/mol. The van der Waals surface area contributed by atoms with E-state index in [1.165, 1.54) is 10.5 Å². The molecule has 2 heteroatoms. The molecule has 0 saturated carbocycles. The van der Waals surface area contributed by atoms with Crippen LogP contribution in [0.25, 0.3) is 0 Å². The summed E-state index contributed by atoms with van der Waals surface area (Å²) in [6.07, 6.45) is 3.37. The van der Waals surface area contributed by atoms with Gasteiger partial charge in [0.15, 0.2) is 0 Å². The summed E-state index contributed by atoms with van der Waals surface area (Å²) in [5, 5.41) is 0. The number of hydrogen-bond acceptors (Lipinski definition) is 0. The predicted octanol–water partition coefficient (Wildman–Crippen LogP) is 1.59. The van der Waals surface area contributed by atoms with Crippen molar-refractivity contribution in [2.75, 3.05) is 0 Å². The fourth-order valence-electron chi connectivity index (χ4n) is 0.701. The van der Waals surface area contributed by atoms with E-state index in [0.29, 0.717) is 0 Å². The van der Waals surface area contributed by atoms with Crippen LogP contribution in [0.4, 0.5) is 4.39 Å². The molecular formula is C5H9FPo. The van der Waals surface area contributed by atoms with Crippen molar-refractivity contribution in [2.24, 2.45) is 0 Å². The van der Waals surface area contributed by atoms with Crippen LogP contribution in [0.2, 0.25) is 4.08 Å². The van der Waals surface area contributed by atoms with Crippen molar-refractivity contribution in [1.29, 1.82) is 0 Å². The molecule has 0 aromatic rings.